The van der Waals surface area contributed by atoms with Crippen LogP contribution in [-0.4, -0.2) is 54.4 Å². The van der Waals surface area contributed by atoms with Gasteiger partial charge in [0.15, 0.2) is 0 Å². The Morgan fingerprint density at radius 1 is 1.67 bits per heavy atom. The van der Waals surface area contributed by atoms with Crippen LogP contribution in [0.1, 0.15) is 19.8 Å². The topological polar surface area (TPSA) is 75.8 Å². The van der Waals surface area contributed by atoms with E-state index in [2.05, 4.69) is 0 Å². The minimum atomic E-state index is -0.666. The van der Waals surface area contributed by atoms with E-state index in [1.807, 2.05) is 6.92 Å². The van der Waals surface area contributed by atoms with E-state index in [0.717, 1.165) is 0 Å². The van der Waals surface area contributed by atoms with Crippen molar-refractivity contribution in [3.8, 4) is 0 Å². The molecule has 1 heterocycles. The van der Waals surface area contributed by atoms with E-state index in [0.29, 0.717) is 32.5 Å². The molecule has 5 heteroatoms. The average molecular weight is 216 g/mol. The Morgan fingerprint density at radius 3 is 2.67 bits per heavy atom. The number of rotatable bonds is 5. The molecule has 1 saturated heterocycles. The molecule has 1 rings (SSSR count). The molecule has 5 nitrogen and oxygen atoms in total. The fraction of sp³-hybridized carbons (Fsp3) is 0.900. The molecule has 0 bridgehead atoms. The Kier molecular flexibility index (Phi) is 4.07. The van der Waals surface area contributed by atoms with Gasteiger partial charge in [0, 0.05) is 13.7 Å². The number of aliphatic hydroxyl groups is 1. The minimum Gasteiger partial charge on any atom is -0.386 e. The van der Waals surface area contributed by atoms with Crippen LogP contribution in [0.2, 0.25) is 0 Å². The van der Waals surface area contributed by atoms with Crippen molar-refractivity contribution in [1.82, 2.24) is 4.90 Å². The molecule has 15 heavy (non-hydrogen) atoms. The lowest BCUT2D eigenvalue weighted by Gasteiger charge is -2.46. The maximum absolute atomic E-state index is 11.6. The normalized spacial score (nSPS) is 20.9. The summed E-state index contributed by atoms with van der Waals surface area (Å²) < 4.78 is 5.03. The summed E-state index contributed by atoms with van der Waals surface area (Å²) in [6.45, 7) is 3.13. The number of hydrogen-bond acceptors (Lipinski definition) is 4. The van der Waals surface area contributed by atoms with Gasteiger partial charge < -0.3 is 20.5 Å². The largest absolute Gasteiger partial charge is 0.386 e. The van der Waals surface area contributed by atoms with E-state index < -0.39 is 5.60 Å². The average Bonchev–Trinajstić information content (AvgIpc) is 2.20. The summed E-state index contributed by atoms with van der Waals surface area (Å²) in [6.07, 6.45) is 0.765. The molecule has 0 aromatic heterocycles. The van der Waals surface area contributed by atoms with Gasteiger partial charge in [0.25, 0.3) is 0 Å². The highest BCUT2D eigenvalue weighted by molar-refractivity contribution is 5.78. The Morgan fingerprint density at radius 2 is 2.27 bits per heavy atom. The first-order valence-corrected chi connectivity index (χ1v) is 5.27. The summed E-state index contributed by atoms with van der Waals surface area (Å²) in [7, 11) is 1.54. The third kappa shape index (κ3) is 2.90. The Balaban J connectivity index is 2.32. The molecule has 1 fully saturated rings. The van der Waals surface area contributed by atoms with Gasteiger partial charge in [0.2, 0.25) is 5.91 Å². The van der Waals surface area contributed by atoms with Gasteiger partial charge >= 0.3 is 0 Å². The quantitative estimate of drug-likeness (QED) is 0.639. The van der Waals surface area contributed by atoms with Crippen LogP contribution in [0.4, 0.5) is 0 Å². The predicted molar refractivity (Wildman–Crippen MR) is 56.3 cm³/mol. The maximum atomic E-state index is 11.6. The fourth-order valence-corrected chi connectivity index (χ4v) is 1.65. The lowest BCUT2D eigenvalue weighted by Crippen LogP contribution is -2.63. The van der Waals surface area contributed by atoms with Crippen molar-refractivity contribution in [2.75, 3.05) is 26.7 Å². The van der Waals surface area contributed by atoms with Crippen LogP contribution in [0.25, 0.3) is 0 Å². The number of nitrogens with two attached hydrogens (primary N) is 1. The summed E-state index contributed by atoms with van der Waals surface area (Å²) in [4.78, 5) is 13.3. The first-order valence-electron chi connectivity index (χ1n) is 5.27. The standard InChI is InChI=1S/C10H20N2O3/c1-3-10(14)6-12(7-10)9(13)4-8(5-11)15-2/h8,14H,3-7,11H2,1-2H3. The summed E-state index contributed by atoms with van der Waals surface area (Å²) in [5, 5.41) is 9.74. The fourth-order valence-electron chi connectivity index (χ4n) is 1.65. The van der Waals surface area contributed by atoms with Crippen molar-refractivity contribution in [1.29, 1.82) is 0 Å². The smallest absolute Gasteiger partial charge is 0.225 e. The molecule has 1 amide bonds. The first kappa shape index (κ1) is 12.4. The zero-order valence-corrected chi connectivity index (χ0v) is 9.40. The second-order valence-corrected chi connectivity index (χ2v) is 4.13. The molecule has 0 aliphatic carbocycles. The molecule has 0 spiro atoms. The number of likely N-dealkylation sites (tertiary alicyclic amines) is 1. The van der Waals surface area contributed by atoms with Crippen LogP contribution in [0.3, 0.4) is 0 Å². The molecular weight excluding hydrogens is 196 g/mol. The van der Waals surface area contributed by atoms with Crippen molar-refractivity contribution in [3.63, 3.8) is 0 Å². The van der Waals surface area contributed by atoms with Crippen LogP contribution < -0.4 is 5.73 Å². The summed E-state index contributed by atoms with van der Waals surface area (Å²) in [5.41, 5.74) is 4.76. The number of hydrogen-bond donors (Lipinski definition) is 2. The number of carbonyl (C=O) groups is 1. The van der Waals surface area contributed by atoms with Crippen molar-refractivity contribution in [2.24, 2.45) is 5.73 Å². The van der Waals surface area contributed by atoms with Crippen LogP contribution in [0.15, 0.2) is 0 Å². The highest BCUT2D eigenvalue weighted by atomic mass is 16.5. The third-order valence-electron chi connectivity index (χ3n) is 2.98. The number of carbonyl (C=O) groups excluding carboxylic acids is 1. The number of ether oxygens (including phenoxy) is 1. The summed E-state index contributed by atoms with van der Waals surface area (Å²) >= 11 is 0. The zero-order valence-electron chi connectivity index (χ0n) is 9.40. The Bertz CT molecular complexity index is 223. The van der Waals surface area contributed by atoms with E-state index in [9.17, 15) is 9.90 Å². The van der Waals surface area contributed by atoms with Crippen LogP contribution in [-0.2, 0) is 9.53 Å². The van der Waals surface area contributed by atoms with Gasteiger partial charge in [-0.25, -0.2) is 0 Å². The Labute approximate surface area is 90.2 Å². The van der Waals surface area contributed by atoms with Crippen molar-refractivity contribution >= 4 is 5.91 Å². The lowest BCUT2D eigenvalue weighted by molar-refractivity contribution is -0.157. The molecule has 3 N–H and O–H groups in total. The molecule has 88 valence electrons. The highest BCUT2D eigenvalue weighted by Crippen LogP contribution is 2.24. The molecule has 1 unspecified atom stereocenters. The third-order valence-corrected chi connectivity index (χ3v) is 2.98. The number of methoxy groups -OCH3 is 1. The molecule has 0 aromatic carbocycles. The second-order valence-electron chi connectivity index (χ2n) is 4.13. The van der Waals surface area contributed by atoms with Gasteiger partial charge in [0.1, 0.15) is 0 Å². The zero-order chi connectivity index (χ0) is 11.5. The highest BCUT2D eigenvalue weighted by Gasteiger charge is 2.42. The van der Waals surface area contributed by atoms with Crippen LogP contribution >= 0.6 is 0 Å². The number of amides is 1. The van der Waals surface area contributed by atoms with E-state index in [-0.39, 0.29) is 12.0 Å². The van der Waals surface area contributed by atoms with E-state index in [1.165, 1.54) is 0 Å². The van der Waals surface area contributed by atoms with Gasteiger partial charge in [-0.1, -0.05) is 6.92 Å². The molecule has 0 aromatic rings. The van der Waals surface area contributed by atoms with Gasteiger partial charge in [-0.3, -0.25) is 4.79 Å². The first-order chi connectivity index (χ1) is 7.04. The minimum absolute atomic E-state index is 0.00502. The molecule has 1 atom stereocenters. The summed E-state index contributed by atoms with van der Waals surface area (Å²) in [5.74, 6) is 0.00502. The summed E-state index contributed by atoms with van der Waals surface area (Å²) in [6, 6.07) is 0. The van der Waals surface area contributed by atoms with Gasteiger partial charge in [0.05, 0.1) is 31.2 Å². The SMILES string of the molecule is CCC1(O)CN(C(=O)CC(CN)OC)C1. The molecular formula is C10H20N2O3. The van der Waals surface area contributed by atoms with Gasteiger partial charge in [-0.2, -0.15) is 0 Å². The van der Waals surface area contributed by atoms with E-state index in [4.69, 9.17) is 10.5 Å². The number of β-amino-alcohol motifs (C(OH)–C–C–N with tert-alkyl or cyclic N) is 1. The monoisotopic (exact) mass is 216 g/mol. The van der Waals surface area contributed by atoms with E-state index in [1.54, 1.807) is 12.0 Å². The maximum Gasteiger partial charge on any atom is 0.225 e. The molecule has 1 aliphatic rings. The van der Waals surface area contributed by atoms with Crippen LogP contribution in [0, 0.1) is 0 Å². The van der Waals surface area contributed by atoms with Gasteiger partial charge in [-0.15, -0.1) is 0 Å². The predicted octanol–water partition coefficient (Wildman–Crippen LogP) is -0.666. The molecule has 0 saturated carbocycles. The molecule has 1 aliphatic heterocycles. The number of nitrogens with zero attached hydrogens (tertiary/aromatic N) is 1. The Hall–Kier alpha value is -0.650. The lowest BCUT2D eigenvalue weighted by atomic mass is 9.91. The second kappa shape index (κ2) is 4.92. The van der Waals surface area contributed by atoms with Crippen LogP contribution in [0.5, 0.6) is 0 Å². The van der Waals surface area contributed by atoms with Crippen molar-refractivity contribution < 1.29 is 14.6 Å². The molecule has 0 radical (unpaired) electrons. The van der Waals surface area contributed by atoms with Crippen molar-refractivity contribution in [3.05, 3.63) is 0 Å². The van der Waals surface area contributed by atoms with E-state index >= 15 is 0 Å². The van der Waals surface area contributed by atoms with Gasteiger partial charge in [-0.05, 0) is 6.42 Å². The van der Waals surface area contributed by atoms with Crippen molar-refractivity contribution in [2.45, 2.75) is 31.5 Å².